The van der Waals surface area contributed by atoms with E-state index in [1.165, 1.54) is 16.4 Å². The van der Waals surface area contributed by atoms with Crippen LogP contribution in [0.4, 0.5) is 5.69 Å². The van der Waals surface area contributed by atoms with Crippen molar-refractivity contribution < 1.29 is 13.2 Å². The van der Waals surface area contributed by atoms with E-state index in [4.69, 9.17) is 0 Å². The Kier molecular flexibility index (Phi) is 7.93. The van der Waals surface area contributed by atoms with E-state index in [-0.39, 0.29) is 10.8 Å². The summed E-state index contributed by atoms with van der Waals surface area (Å²) < 4.78 is 26.6. The van der Waals surface area contributed by atoms with Crippen molar-refractivity contribution >= 4 is 33.4 Å². The number of carbonyl (C=O) groups is 1. The van der Waals surface area contributed by atoms with Crippen molar-refractivity contribution in [2.24, 2.45) is 0 Å². The second-order valence-electron chi connectivity index (χ2n) is 7.11. The molecule has 0 atom stereocenters. The fourth-order valence-corrected chi connectivity index (χ4v) is 5.90. The van der Waals surface area contributed by atoms with Gasteiger partial charge in [-0.3, -0.25) is 9.69 Å². The summed E-state index contributed by atoms with van der Waals surface area (Å²) in [5.41, 5.74) is 2.30. The Morgan fingerprint density at radius 2 is 1.67 bits per heavy atom. The lowest BCUT2D eigenvalue weighted by molar-refractivity contribution is 0.102. The average Bonchev–Trinajstić information content (AvgIpc) is 2.76. The minimum atomic E-state index is -3.53. The minimum absolute atomic E-state index is 0.200. The van der Waals surface area contributed by atoms with Gasteiger partial charge in [-0.2, -0.15) is 16.1 Å². The Hall–Kier alpha value is -1.87. The summed E-state index contributed by atoms with van der Waals surface area (Å²) in [6.45, 7) is 7.34. The number of para-hydroxylation sites is 1. The molecule has 0 radical (unpaired) electrons. The number of nitrogens with zero attached hydrogens (tertiary/aromatic N) is 2. The number of hydrogen-bond acceptors (Lipinski definition) is 5. The predicted octanol–water partition coefficient (Wildman–Crippen LogP) is 3.52. The SMILES string of the molecule is CCN(CC)S(=O)(=O)c1ccc(C(=O)Nc2ccccc2CN2CCSCC2)cc1. The first kappa shape index (κ1) is 22.8. The van der Waals surface area contributed by atoms with Crippen LogP contribution in [0.3, 0.4) is 0 Å². The van der Waals surface area contributed by atoms with E-state index in [1.807, 2.05) is 49.9 Å². The van der Waals surface area contributed by atoms with Crippen molar-refractivity contribution in [1.82, 2.24) is 9.21 Å². The van der Waals surface area contributed by atoms with Gasteiger partial charge in [0.2, 0.25) is 10.0 Å². The molecule has 162 valence electrons. The summed E-state index contributed by atoms with van der Waals surface area (Å²) in [6.07, 6.45) is 0. The van der Waals surface area contributed by atoms with Crippen molar-refractivity contribution in [3.05, 3.63) is 59.7 Å². The highest BCUT2D eigenvalue weighted by Gasteiger charge is 2.22. The average molecular weight is 448 g/mol. The summed E-state index contributed by atoms with van der Waals surface area (Å²) in [5.74, 6) is 2.03. The molecule has 8 heteroatoms. The lowest BCUT2D eigenvalue weighted by atomic mass is 10.1. The van der Waals surface area contributed by atoms with Gasteiger partial charge in [-0.25, -0.2) is 8.42 Å². The Labute approximate surface area is 183 Å². The van der Waals surface area contributed by atoms with Crippen molar-refractivity contribution in [3.8, 4) is 0 Å². The third-order valence-corrected chi connectivity index (χ3v) is 8.23. The molecule has 0 unspecified atom stereocenters. The zero-order valence-corrected chi connectivity index (χ0v) is 19.1. The third-order valence-electron chi connectivity index (χ3n) is 5.22. The van der Waals surface area contributed by atoms with E-state index < -0.39 is 10.0 Å². The lowest BCUT2D eigenvalue weighted by Gasteiger charge is -2.27. The van der Waals surface area contributed by atoms with E-state index >= 15 is 0 Å². The van der Waals surface area contributed by atoms with Gasteiger partial charge in [-0.15, -0.1) is 0 Å². The van der Waals surface area contributed by atoms with Gasteiger partial charge < -0.3 is 5.32 Å². The summed E-state index contributed by atoms with van der Waals surface area (Å²) >= 11 is 1.97. The van der Waals surface area contributed by atoms with Gasteiger partial charge in [0.1, 0.15) is 0 Å². The molecule has 0 aromatic heterocycles. The molecule has 1 saturated heterocycles. The van der Waals surface area contributed by atoms with Crippen LogP contribution in [0.2, 0.25) is 0 Å². The van der Waals surface area contributed by atoms with Crippen LogP contribution in [0.1, 0.15) is 29.8 Å². The lowest BCUT2D eigenvalue weighted by Crippen LogP contribution is -2.32. The molecule has 1 aliphatic heterocycles. The number of anilines is 1. The van der Waals surface area contributed by atoms with Crippen molar-refractivity contribution in [2.45, 2.75) is 25.3 Å². The molecule has 0 spiro atoms. The smallest absolute Gasteiger partial charge is 0.255 e. The number of sulfonamides is 1. The second-order valence-corrected chi connectivity index (χ2v) is 10.3. The number of carbonyl (C=O) groups excluding carboxylic acids is 1. The molecule has 1 heterocycles. The first-order chi connectivity index (χ1) is 14.5. The zero-order valence-electron chi connectivity index (χ0n) is 17.5. The second kappa shape index (κ2) is 10.4. The topological polar surface area (TPSA) is 69.7 Å². The minimum Gasteiger partial charge on any atom is -0.322 e. The van der Waals surface area contributed by atoms with Crippen LogP contribution in [0, 0.1) is 0 Å². The molecular weight excluding hydrogens is 418 g/mol. The van der Waals surface area contributed by atoms with Crippen LogP contribution < -0.4 is 5.32 Å². The van der Waals surface area contributed by atoms with Gasteiger partial charge in [-0.05, 0) is 35.9 Å². The van der Waals surface area contributed by atoms with Gasteiger partial charge in [0, 0.05) is 55.5 Å². The highest BCUT2D eigenvalue weighted by Crippen LogP contribution is 2.21. The van der Waals surface area contributed by atoms with E-state index in [0.29, 0.717) is 18.7 Å². The fourth-order valence-electron chi connectivity index (χ4n) is 3.47. The Bertz CT molecular complexity index is 952. The number of rotatable bonds is 8. The Balaban J connectivity index is 1.72. The van der Waals surface area contributed by atoms with Gasteiger partial charge in [0.25, 0.3) is 5.91 Å². The van der Waals surface area contributed by atoms with Gasteiger partial charge in [0.05, 0.1) is 4.90 Å². The monoisotopic (exact) mass is 447 g/mol. The molecule has 0 aliphatic carbocycles. The predicted molar refractivity (Wildman–Crippen MR) is 124 cm³/mol. The molecule has 2 aromatic carbocycles. The third kappa shape index (κ3) is 5.43. The van der Waals surface area contributed by atoms with E-state index in [0.717, 1.165) is 42.4 Å². The molecule has 1 aliphatic rings. The summed E-state index contributed by atoms with van der Waals surface area (Å²) in [4.78, 5) is 15.4. The standard InChI is InChI=1S/C22H29N3O3S2/c1-3-25(4-2)30(27,28)20-11-9-18(10-12-20)22(26)23-21-8-6-5-7-19(21)17-24-13-15-29-16-14-24/h5-12H,3-4,13-17H2,1-2H3,(H,23,26). The van der Waals surface area contributed by atoms with Gasteiger partial charge in [-0.1, -0.05) is 32.0 Å². The van der Waals surface area contributed by atoms with Crippen LogP contribution in [0.5, 0.6) is 0 Å². The molecular formula is C22H29N3O3S2. The summed E-state index contributed by atoms with van der Waals surface area (Å²) in [6, 6.07) is 14.0. The van der Waals surface area contributed by atoms with Crippen LogP contribution in [-0.4, -0.2) is 61.2 Å². The number of hydrogen-bond donors (Lipinski definition) is 1. The molecule has 0 saturated carbocycles. The summed E-state index contributed by atoms with van der Waals surface area (Å²) in [7, 11) is -3.53. The first-order valence-electron chi connectivity index (χ1n) is 10.2. The van der Waals surface area contributed by atoms with E-state index in [2.05, 4.69) is 10.2 Å². The molecule has 6 nitrogen and oxygen atoms in total. The molecule has 2 aromatic rings. The number of nitrogens with one attached hydrogen (secondary N) is 1. The maximum absolute atomic E-state index is 12.8. The number of benzene rings is 2. The van der Waals surface area contributed by atoms with Gasteiger partial charge >= 0.3 is 0 Å². The molecule has 0 bridgehead atoms. The number of thioether (sulfide) groups is 1. The molecule has 1 fully saturated rings. The van der Waals surface area contributed by atoms with Crippen molar-refractivity contribution in [3.63, 3.8) is 0 Å². The zero-order chi connectivity index (χ0) is 21.6. The van der Waals surface area contributed by atoms with Crippen LogP contribution in [-0.2, 0) is 16.6 Å². The number of amides is 1. The van der Waals surface area contributed by atoms with Crippen LogP contribution in [0.15, 0.2) is 53.4 Å². The first-order valence-corrected chi connectivity index (χ1v) is 12.8. The molecule has 1 amide bonds. The van der Waals surface area contributed by atoms with Crippen molar-refractivity contribution in [1.29, 1.82) is 0 Å². The van der Waals surface area contributed by atoms with Crippen LogP contribution in [0.25, 0.3) is 0 Å². The molecule has 30 heavy (non-hydrogen) atoms. The maximum Gasteiger partial charge on any atom is 0.255 e. The maximum atomic E-state index is 12.8. The normalized spacial score (nSPS) is 15.3. The fraction of sp³-hybridized carbons (Fsp3) is 0.409. The van der Waals surface area contributed by atoms with Gasteiger partial charge in [0.15, 0.2) is 0 Å². The largest absolute Gasteiger partial charge is 0.322 e. The Morgan fingerprint density at radius 1 is 1.03 bits per heavy atom. The van der Waals surface area contributed by atoms with E-state index in [9.17, 15) is 13.2 Å². The summed E-state index contributed by atoms with van der Waals surface area (Å²) in [5, 5.41) is 2.99. The molecule has 3 rings (SSSR count). The van der Waals surface area contributed by atoms with Crippen molar-refractivity contribution in [2.75, 3.05) is 43.0 Å². The highest BCUT2D eigenvalue weighted by molar-refractivity contribution is 7.99. The quantitative estimate of drug-likeness (QED) is 0.671. The Morgan fingerprint density at radius 3 is 2.30 bits per heavy atom. The van der Waals surface area contributed by atoms with E-state index in [1.54, 1.807) is 12.1 Å². The molecule has 1 N–H and O–H groups in total. The highest BCUT2D eigenvalue weighted by atomic mass is 32.2. The van der Waals surface area contributed by atoms with Crippen LogP contribution >= 0.6 is 11.8 Å².